The molecule has 2 nitrogen and oxygen atoms in total. The van der Waals surface area contributed by atoms with Crippen molar-refractivity contribution in [3.05, 3.63) is 55.9 Å². The van der Waals surface area contributed by atoms with Crippen LogP contribution in [0.25, 0.3) is 0 Å². The van der Waals surface area contributed by atoms with E-state index >= 15 is 0 Å². The number of hydrogen-bond donors (Lipinski definition) is 1. The third kappa shape index (κ3) is 3.22. The quantitative estimate of drug-likeness (QED) is 0.908. The maximum Gasteiger partial charge on any atom is 0.253 e. The first kappa shape index (κ1) is 13.3. The van der Waals surface area contributed by atoms with Crippen molar-refractivity contribution < 1.29 is 9.18 Å². The molecular weight excluding hydrogens is 296 g/mol. The number of amides is 1. The van der Waals surface area contributed by atoms with Crippen LogP contribution in [0.3, 0.4) is 0 Å². The van der Waals surface area contributed by atoms with Crippen molar-refractivity contribution in [2.24, 2.45) is 0 Å². The molecule has 0 bridgehead atoms. The van der Waals surface area contributed by atoms with Gasteiger partial charge >= 0.3 is 0 Å². The number of carbonyl (C=O) groups is 1. The highest BCUT2D eigenvalue weighted by Crippen LogP contribution is 2.30. The minimum absolute atomic E-state index is 0.236. The number of carbonyl (C=O) groups excluding carboxylic acids is 1. The van der Waals surface area contributed by atoms with E-state index in [0.717, 1.165) is 11.3 Å². The normalized spacial score (nSPS) is 10.4. The molecule has 0 aliphatic heterocycles. The van der Waals surface area contributed by atoms with Crippen LogP contribution in [0.2, 0.25) is 8.67 Å². The Bertz CT molecular complexity index is 585. The average molecular weight is 304 g/mol. The zero-order chi connectivity index (χ0) is 13.1. The van der Waals surface area contributed by atoms with E-state index in [4.69, 9.17) is 23.2 Å². The van der Waals surface area contributed by atoms with Gasteiger partial charge < -0.3 is 5.32 Å². The van der Waals surface area contributed by atoms with Crippen LogP contribution in [0.5, 0.6) is 0 Å². The molecule has 1 amide bonds. The van der Waals surface area contributed by atoms with Gasteiger partial charge in [0.15, 0.2) is 0 Å². The fourth-order valence-electron chi connectivity index (χ4n) is 1.42. The second-order valence-corrected chi connectivity index (χ2v) is 5.84. The van der Waals surface area contributed by atoms with Crippen molar-refractivity contribution in [1.29, 1.82) is 0 Å². The highest BCUT2D eigenvalue weighted by molar-refractivity contribution is 7.20. The Morgan fingerprint density at radius 1 is 1.33 bits per heavy atom. The molecule has 0 fully saturated rings. The number of halogens is 3. The van der Waals surface area contributed by atoms with Crippen LogP contribution >= 0.6 is 34.5 Å². The molecule has 2 rings (SSSR count). The first-order valence-corrected chi connectivity index (χ1v) is 6.61. The summed E-state index contributed by atoms with van der Waals surface area (Å²) in [4.78, 5) is 11.8. The smallest absolute Gasteiger partial charge is 0.253 e. The molecule has 0 saturated carbocycles. The number of rotatable bonds is 3. The average Bonchev–Trinajstić information content (AvgIpc) is 2.66. The number of benzene rings is 1. The molecule has 18 heavy (non-hydrogen) atoms. The molecule has 0 unspecified atom stereocenters. The van der Waals surface area contributed by atoms with Gasteiger partial charge in [0.2, 0.25) is 0 Å². The Balaban J connectivity index is 2.03. The summed E-state index contributed by atoms with van der Waals surface area (Å²) >= 11 is 12.7. The van der Waals surface area contributed by atoms with Crippen molar-refractivity contribution in [2.75, 3.05) is 0 Å². The van der Waals surface area contributed by atoms with Crippen LogP contribution in [0.1, 0.15) is 15.9 Å². The highest BCUT2D eigenvalue weighted by atomic mass is 35.5. The zero-order valence-electron chi connectivity index (χ0n) is 9.04. The van der Waals surface area contributed by atoms with Gasteiger partial charge in [-0.1, -0.05) is 35.3 Å². The molecule has 0 atom stereocenters. The lowest BCUT2D eigenvalue weighted by atomic mass is 10.2. The molecule has 0 spiro atoms. The number of thiophene rings is 1. The van der Waals surface area contributed by atoms with Crippen LogP contribution in [0.15, 0.2) is 30.3 Å². The molecule has 0 aliphatic rings. The molecule has 0 saturated heterocycles. The minimum atomic E-state index is -0.335. The molecular formula is C12H8Cl2FNOS. The maximum absolute atomic E-state index is 12.9. The molecule has 0 radical (unpaired) electrons. The van der Waals surface area contributed by atoms with E-state index < -0.39 is 0 Å². The van der Waals surface area contributed by atoms with Gasteiger partial charge in [-0.15, -0.1) is 11.3 Å². The van der Waals surface area contributed by atoms with Crippen LogP contribution < -0.4 is 5.32 Å². The van der Waals surface area contributed by atoms with E-state index in [1.54, 1.807) is 12.1 Å². The van der Waals surface area contributed by atoms with Gasteiger partial charge in [-0.2, -0.15) is 0 Å². The topological polar surface area (TPSA) is 29.1 Å². The predicted molar refractivity (Wildman–Crippen MR) is 71.9 cm³/mol. The molecule has 0 aliphatic carbocycles. The molecule has 2 aromatic rings. The van der Waals surface area contributed by atoms with Gasteiger partial charge in [-0.05, 0) is 23.8 Å². The summed E-state index contributed by atoms with van der Waals surface area (Å²) in [7, 11) is 0. The lowest BCUT2D eigenvalue weighted by molar-refractivity contribution is 0.0951. The Labute approximate surface area is 117 Å². The predicted octanol–water partition coefficient (Wildman–Crippen LogP) is 4.12. The lowest BCUT2D eigenvalue weighted by Crippen LogP contribution is -2.22. The second kappa shape index (κ2) is 5.69. The van der Waals surface area contributed by atoms with Gasteiger partial charge in [-0.3, -0.25) is 4.79 Å². The van der Waals surface area contributed by atoms with E-state index in [1.807, 2.05) is 0 Å². The number of nitrogens with one attached hydrogen (secondary N) is 1. The van der Waals surface area contributed by atoms with Gasteiger partial charge in [-0.25, -0.2) is 4.39 Å². The van der Waals surface area contributed by atoms with Crippen LogP contribution in [-0.4, -0.2) is 5.91 Å². The van der Waals surface area contributed by atoms with E-state index in [0.29, 0.717) is 19.8 Å². The summed E-state index contributed by atoms with van der Waals surface area (Å²) < 4.78 is 13.7. The third-order valence-corrected chi connectivity index (χ3v) is 3.73. The summed E-state index contributed by atoms with van der Waals surface area (Å²) in [5, 5.41) is 2.65. The fraction of sp³-hybridized carbons (Fsp3) is 0.0833. The van der Waals surface area contributed by atoms with Gasteiger partial charge in [0.1, 0.15) is 10.2 Å². The standard InChI is InChI=1S/C12H8Cl2FNOS/c13-10-5-9(11(14)18-10)12(17)16-6-7-2-1-3-8(15)4-7/h1-5H,6H2,(H,16,17). The summed E-state index contributed by atoms with van der Waals surface area (Å²) in [6.45, 7) is 0.236. The Kier molecular flexibility index (Phi) is 4.22. The van der Waals surface area contributed by atoms with E-state index in [-0.39, 0.29) is 18.3 Å². The summed E-state index contributed by atoms with van der Waals surface area (Å²) in [5.41, 5.74) is 1.02. The molecule has 1 N–H and O–H groups in total. The van der Waals surface area contributed by atoms with Crippen molar-refractivity contribution >= 4 is 40.4 Å². The zero-order valence-corrected chi connectivity index (χ0v) is 11.4. The number of hydrogen-bond acceptors (Lipinski definition) is 2. The van der Waals surface area contributed by atoms with Crippen LogP contribution in [0, 0.1) is 5.82 Å². The van der Waals surface area contributed by atoms with E-state index in [1.165, 1.54) is 18.2 Å². The second-order valence-electron chi connectivity index (χ2n) is 3.55. The fourth-order valence-corrected chi connectivity index (χ4v) is 2.88. The first-order valence-electron chi connectivity index (χ1n) is 5.04. The highest BCUT2D eigenvalue weighted by Gasteiger charge is 2.13. The van der Waals surface area contributed by atoms with E-state index in [2.05, 4.69) is 5.32 Å². The Morgan fingerprint density at radius 2 is 2.11 bits per heavy atom. The van der Waals surface area contributed by atoms with Crippen molar-refractivity contribution in [2.45, 2.75) is 6.54 Å². The van der Waals surface area contributed by atoms with Crippen LogP contribution in [-0.2, 0) is 6.54 Å². The van der Waals surface area contributed by atoms with Crippen molar-refractivity contribution in [1.82, 2.24) is 5.32 Å². The summed E-state index contributed by atoms with van der Waals surface area (Å²) in [6.07, 6.45) is 0. The first-order chi connectivity index (χ1) is 8.56. The Hall–Kier alpha value is -1.10. The van der Waals surface area contributed by atoms with Gasteiger partial charge in [0.05, 0.1) is 9.90 Å². The van der Waals surface area contributed by atoms with Crippen molar-refractivity contribution in [3.8, 4) is 0 Å². The van der Waals surface area contributed by atoms with Crippen LogP contribution in [0.4, 0.5) is 4.39 Å². The minimum Gasteiger partial charge on any atom is -0.348 e. The monoisotopic (exact) mass is 303 g/mol. The van der Waals surface area contributed by atoms with Gasteiger partial charge in [0.25, 0.3) is 5.91 Å². The van der Waals surface area contributed by atoms with Gasteiger partial charge in [0, 0.05) is 6.54 Å². The third-order valence-electron chi connectivity index (χ3n) is 2.24. The lowest BCUT2D eigenvalue weighted by Gasteiger charge is -2.04. The molecule has 1 heterocycles. The van der Waals surface area contributed by atoms with E-state index in [9.17, 15) is 9.18 Å². The SMILES string of the molecule is O=C(NCc1cccc(F)c1)c1cc(Cl)sc1Cl. The summed E-state index contributed by atoms with van der Waals surface area (Å²) in [5.74, 6) is -0.661. The molecule has 1 aromatic carbocycles. The maximum atomic E-state index is 12.9. The molecule has 6 heteroatoms. The Morgan fingerprint density at radius 3 is 2.72 bits per heavy atom. The molecule has 94 valence electrons. The largest absolute Gasteiger partial charge is 0.348 e. The molecule has 1 aromatic heterocycles. The van der Waals surface area contributed by atoms with Crippen molar-refractivity contribution in [3.63, 3.8) is 0 Å². The summed E-state index contributed by atoms with van der Waals surface area (Å²) in [6, 6.07) is 7.54.